The molecule has 0 atom stereocenters. The Morgan fingerprint density at radius 3 is 1.88 bits per heavy atom. The predicted octanol–water partition coefficient (Wildman–Crippen LogP) is 5.42. The van der Waals surface area contributed by atoms with Gasteiger partial charge in [-0.25, -0.2) is 0 Å². The summed E-state index contributed by atoms with van der Waals surface area (Å²) < 4.78 is 0.185. The second-order valence-corrected chi connectivity index (χ2v) is 8.32. The summed E-state index contributed by atoms with van der Waals surface area (Å²) in [5, 5.41) is 0.928. The van der Waals surface area contributed by atoms with Crippen LogP contribution in [0.5, 0.6) is 0 Å². The van der Waals surface area contributed by atoms with Crippen LogP contribution in [0.25, 0.3) is 0 Å². The van der Waals surface area contributed by atoms with Crippen LogP contribution in [0.2, 0.25) is 0 Å². The van der Waals surface area contributed by atoms with Crippen LogP contribution in [0.4, 0.5) is 0 Å². The molecular weight excluding hydrogens is 328 g/mol. The number of rotatable bonds is 4. The lowest BCUT2D eigenvalue weighted by Gasteiger charge is -2.31. The fraction of sp³-hybridized carbons (Fsp3) is 0.571. The van der Waals surface area contributed by atoms with Crippen LogP contribution in [0.3, 0.4) is 0 Å². The van der Waals surface area contributed by atoms with Crippen LogP contribution < -0.4 is 0 Å². The highest BCUT2D eigenvalue weighted by Gasteiger charge is 2.28. The van der Waals surface area contributed by atoms with Crippen LogP contribution in [0.1, 0.15) is 45.2 Å². The lowest BCUT2D eigenvalue weighted by molar-refractivity contribution is 0.430. The molecule has 1 aromatic rings. The molecule has 0 saturated heterocycles. The van der Waals surface area contributed by atoms with E-state index in [-0.39, 0.29) is 9.74 Å². The molecule has 0 bridgehead atoms. The average molecular weight is 348 g/mol. The zero-order chi connectivity index (χ0) is 12.4. The maximum atomic E-state index is 3.73. The Bertz CT molecular complexity index is 331. The van der Waals surface area contributed by atoms with Crippen molar-refractivity contribution >= 4 is 31.9 Å². The molecule has 0 heterocycles. The summed E-state index contributed by atoms with van der Waals surface area (Å²) in [7, 11) is 0. The summed E-state index contributed by atoms with van der Waals surface area (Å²) in [4.78, 5) is 0. The molecule has 0 nitrogen and oxygen atoms in total. The molecule has 1 rings (SSSR count). The number of alkyl halides is 2. The SMILES string of the molecule is CC(C)(Br)CC(C)(C)c1ccc(CBr)cc1. The first-order chi connectivity index (χ1) is 7.24. The summed E-state index contributed by atoms with van der Waals surface area (Å²) in [6.45, 7) is 9.06. The predicted molar refractivity (Wildman–Crippen MR) is 79.7 cm³/mol. The summed E-state index contributed by atoms with van der Waals surface area (Å²) in [6.07, 6.45) is 1.12. The van der Waals surface area contributed by atoms with E-state index in [1.807, 2.05) is 0 Å². The molecule has 0 spiro atoms. The number of hydrogen-bond donors (Lipinski definition) is 0. The van der Waals surface area contributed by atoms with Crippen molar-refractivity contribution in [3.8, 4) is 0 Å². The molecule has 0 saturated carbocycles. The van der Waals surface area contributed by atoms with Gasteiger partial charge in [0.1, 0.15) is 0 Å². The quantitative estimate of drug-likeness (QED) is 0.637. The zero-order valence-electron chi connectivity index (χ0n) is 10.5. The van der Waals surface area contributed by atoms with E-state index in [2.05, 4.69) is 83.8 Å². The molecule has 2 heteroatoms. The van der Waals surface area contributed by atoms with E-state index >= 15 is 0 Å². The van der Waals surface area contributed by atoms with Crippen molar-refractivity contribution in [3.63, 3.8) is 0 Å². The molecule has 0 fully saturated rings. The lowest BCUT2D eigenvalue weighted by atomic mass is 9.78. The van der Waals surface area contributed by atoms with Crippen molar-refractivity contribution < 1.29 is 0 Å². The molecule has 0 aromatic heterocycles. The standard InChI is InChI=1S/C14H20Br2/c1-13(2,10-14(3,4)16)12-7-5-11(9-15)6-8-12/h5-8H,9-10H2,1-4H3. The molecule has 0 aliphatic carbocycles. The van der Waals surface area contributed by atoms with Crippen LogP contribution in [-0.2, 0) is 10.7 Å². The highest BCUT2D eigenvalue weighted by atomic mass is 79.9. The fourth-order valence-electron chi connectivity index (χ4n) is 2.20. The average Bonchev–Trinajstić information content (AvgIpc) is 2.14. The number of benzene rings is 1. The second-order valence-electron chi connectivity index (χ2n) is 5.61. The van der Waals surface area contributed by atoms with Gasteiger partial charge in [-0.1, -0.05) is 83.8 Å². The molecular formula is C14H20Br2. The Kier molecular flexibility index (Phi) is 4.65. The Morgan fingerprint density at radius 2 is 1.50 bits per heavy atom. The van der Waals surface area contributed by atoms with Crippen LogP contribution in [0, 0.1) is 0 Å². The van der Waals surface area contributed by atoms with Gasteiger partial charge in [-0.15, -0.1) is 0 Å². The number of halogens is 2. The molecule has 0 aliphatic heterocycles. The van der Waals surface area contributed by atoms with Crippen molar-refractivity contribution in [3.05, 3.63) is 35.4 Å². The van der Waals surface area contributed by atoms with E-state index in [0.29, 0.717) is 0 Å². The van der Waals surface area contributed by atoms with E-state index < -0.39 is 0 Å². The van der Waals surface area contributed by atoms with Crippen molar-refractivity contribution in [2.45, 2.75) is 49.2 Å². The molecule has 1 aromatic carbocycles. The third-order valence-electron chi connectivity index (χ3n) is 2.75. The smallest absolute Gasteiger partial charge is 0.0283 e. The van der Waals surface area contributed by atoms with Gasteiger partial charge in [0, 0.05) is 9.65 Å². The fourth-order valence-corrected chi connectivity index (χ4v) is 3.27. The molecule has 0 aliphatic rings. The monoisotopic (exact) mass is 346 g/mol. The highest BCUT2D eigenvalue weighted by molar-refractivity contribution is 9.10. The first kappa shape index (κ1) is 14.2. The lowest BCUT2D eigenvalue weighted by Crippen LogP contribution is -2.26. The first-order valence-electron chi connectivity index (χ1n) is 5.59. The maximum absolute atomic E-state index is 3.73. The van der Waals surface area contributed by atoms with E-state index in [0.717, 1.165) is 11.8 Å². The first-order valence-corrected chi connectivity index (χ1v) is 7.50. The van der Waals surface area contributed by atoms with Gasteiger partial charge < -0.3 is 0 Å². The van der Waals surface area contributed by atoms with Crippen molar-refractivity contribution in [2.75, 3.05) is 0 Å². The zero-order valence-corrected chi connectivity index (χ0v) is 13.7. The molecule has 0 unspecified atom stereocenters. The minimum atomic E-state index is 0.185. The normalized spacial score (nSPS) is 12.9. The van der Waals surface area contributed by atoms with Crippen molar-refractivity contribution in [1.82, 2.24) is 0 Å². The van der Waals surface area contributed by atoms with Gasteiger partial charge in [0.25, 0.3) is 0 Å². The molecule has 16 heavy (non-hydrogen) atoms. The molecule has 0 N–H and O–H groups in total. The van der Waals surface area contributed by atoms with E-state index in [4.69, 9.17) is 0 Å². The van der Waals surface area contributed by atoms with E-state index in [1.165, 1.54) is 11.1 Å². The van der Waals surface area contributed by atoms with Gasteiger partial charge >= 0.3 is 0 Å². The Balaban J connectivity index is 2.89. The Labute approximate surface area is 116 Å². The summed E-state index contributed by atoms with van der Waals surface area (Å²) in [6, 6.07) is 8.89. The van der Waals surface area contributed by atoms with Gasteiger partial charge in [-0.05, 0) is 23.0 Å². The molecule has 0 amide bonds. The third kappa shape index (κ3) is 4.21. The van der Waals surface area contributed by atoms with Gasteiger partial charge in [-0.3, -0.25) is 0 Å². The summed E-state index contributed by atoms with van der Waals surface area (Å²) >= 11 is 7.21. The minimum absolute atomic E-state index is 0.185. The summed E-state index contributed by atoms with van der Waals surface area (Å²) in [5.74, 6) is 0. The van der Waals surface area contributed by atoms with E-state index in [1.54, 1.807) is 0 Å². The highest BCUT2D eigenvalue weighted by Crippen LogP contribution is 2.36. The van der Waals surface area contributed by atoms with Crippen LogP contribution in [0.15, 0.2) is 24.3 Å². The van der Waals surface area contributed by atoms with Gasteiger partial charge in [-0.2, -0.15) is 0 Å². The Hall–Kier alpha value is 0.180. The van der Waals surface area contributed by atoms with E-state index in [9.17, 15) is 0 Å². The number of hydrogen-bond acceptors (Lipinski definition) is 0. The molecule has 90 valence electrons. The second kappa shape index (κ2) is 5.22. The van der Waals surface area contributed by atoms with Gasteiger partial charge in [0.15, 0.2) is 0 Å². The van der Waals surface area contributed by atoms with Gasteiger partial charge in [0.2, 0.25) is 0 Å². The summed E-state index contributed by atoms with van der Waals surface area (Å²) in [5.41, 5.74) is 2.94. The van der Waals surface area contributed by atoms with Gasteiger partial charge in [0.05, 0.1) is 0 Å². The topological polar surface area (TPSA) is 0 Å². The largest absolute Gasteiger partial charge is 0.0876 e. The van der Waals surface area contributed by atoms with Crippen molar-refractivity contribution in [1.29, 1.82) is 0 Å². The van der Waals surface area contributed by atoms with Crippen LogP contribution in [-0.4, -0.2) is 4.32 Å². The minimum Gasteiger partial charge on any atom is -0.0876 e. The third-order valence-corrected chi connectivity index (χ3v) is 3.68. The van der Waals surface area contributed by atoms with Crippen LogP contribution >= 0.6 is 31.9 Å². The maximum Gasteiger partial charge on any atom is 0.0283 e. The Morgan fingerprint density at radius 1 is 1.00 bits per heavy atom. The molecule has 0 radical (unpaired) electrons. The van der Waals surface area contributed by atoms with Crippen molar-refractivity contribution in [2.24, 2.45) is 0 Å².